The molecular formula is C21H26N6O3. The molecule has 1 atom stereocenters. The number of amides is 4. The minimum absolute atomic E-state index is 0.163. The number of nitrogens with zero attached hydrogens (tertiary/aromatic N) is 3. The van der Waals surface area contributed by atoms with Crippen molar-refractivity contribution < 1.29 is 14.4 Å². The highest BCUT2D eigenvalue weighted by atomic mass is 16.2. The second-order valence-corrected chi connectivity index (χ2v) is 7.08. The van der Waals surface area contributed by atoms with E-state index < -0.39 is 6.04 Å². The molecule has 3 N–H and O–H groups in total. The molecule has 1 aliphatic rings. The summed E-state index contributed by atoms with van der Waals surface area (Å²) in [6.07, 6.45) is 1.75. The maximum Gasteiger partial charge on any atom is 0.318 e. The molecule has 3 rings (SSSR count). The van der Waals surface area contributed by atoms with E-state index in [1.54, 1.807) is 42.3 Å². The number of carbonyl (C=O) groups is 3. The Labute approximate surface area is 175 Å². The van der Waals surface area contributed by atoms with Crippen molar-refractivity contribution in [2.45, 2.75) is 19.9 Å². The van der Waals surface area contributed by atoms with Crippen LogP contribution in [0.5, 0.6) is 0 Å². The Kier molecular flexibility index (Phi) is 6.84. The van der Waals surface area contributed by atoms with E-state index >= 15 is 0 Å². The zero-order valence-electron chi connectivity index (χ0n) is 17.1. The van der Waals surface area contributed by atoms with Gasteiger partial charge in [0, 0.05) is 50.7 Å². The molecule has 0 radical (unpaired) electrons. The number of carbonyl (C=O) groups excluding carboxylic acids is 3. The first-order valence-corrected chi connectivity index (χ1v) is 9.82. The molecule has 158 valence electrons. The lowest BCUT2D eigenvalue weighted by molar-refractivity contribution is -0.117. The van der Waals surface area contributed by atoms with Crippen molar-refractivity contribution in [1.29, 1.82) is 0 Å². The third-order valence-electron chi connectivity index (χ3n) is 4.75. The largest absolute Gasteiger partial charge is 0.353 e. The van der Waals surface area contributed by atoms with Crippen molar-refractivity contribution in [3.63, 3.8) is 0 Å². The molecule has 9 heteroatoms. The van der Waals surface area contributed by atoms with Gasteiger partial charge in [0.05, 0.1) is 0 Å². The first-order valence-electron chi connectivity index (χ1n) is 9.82. The van der Waals surface area contributed by atoms with E-state index in [2.05, 4.69) is 25.8 Å². The summed E-state index contributed by atoms with van der Waals surface area (Å²) >= 11 is 0. The summed E-state index contributed by atoms with van der Waals surface area (Å²) in [6, 6.07) is 11.6. The van der Waals surface area contributed by atoms with Gasteiger partial charge in [0.2, 0.25) is 11.8 Å². The Morgan fingerprint density at radius 2 is 1.57 bits per heavy atom. The van der Waals surface area contributed by atoms with E-state index in [1.807, 2.05) is 18.2 Å². The van der Waals surface area contributed by atoms with Gasteiger partial charge >= 0.3 is 6.03 Å². The second-order valence-electron chi connectivity index (χ2n) is 7.08. The first kappa shape index (κ1) is 21.1. The van der Waals surface area contributed by atoms with Crippen molar-refractivity contribution in [3.05, 3.63) is 48.7 Å². The Hall–Kier alpha value is -3.62. The average molecular weight is 410 g/mol. The number of benzene rings is 1. The SMILES string of the molecule is CC(=O)Nc1ccc(NC(=O)[C@@H](C)NC(=O)N2CCN(c3ccccn3)CC2)cc1. The number of rotatable bonds is 5. The summed E-state index contributed by atoms with van der Waals surface area (Å²) in [5.74, 6) is 0.418. The van der Waals surface area contributed by atoms with Gasteiger partial charge in [-0.15, -0.1) is 0 Å². The molecule has 0 spiro atoms. The van der Waals surface area contributed by atoms with Gasteiger partial charge in [-0.2, -0.15) is 0 Å². The first-order chi connectivity index (χ1) is 14.4. The molecule has 0 unspecified atom stereocenters. The standard InChI is InChI=1S/C21H26N6O3/c1-15(20(29)25-18-8-6-17(7-9-18)24-16(2)28)23-21(30)27-13-11-26(12-14-27)19-5-3-4-10-22-19/h3-10,15H,11-14H2,1-2H3,(H,23,30)(H,24,28)(H,25,29)/t15-/m1/s1. The summed E-state index contributed by atoms with van der Waals surface area (Å²) in [7, 11) is 0. The van der Waals surface area contributed by atoms with Gasteiger partial charge in [0.25, 0.3) is 0 Å². The highest BCUT2D eigenvalue weighted by molar-refractivity contribution is 5.97. The summed E-state index contributed by atoms with van der Waals surface area (Å²) < 4.78 is 0. The summed E-state index contributed by atoms with van der Waals surface area (Å²) in [5.41, 5.74) is 1.23. The van der Waals surface area contributed by atoms with Gasteiger partial charge in [-0.05, 0) is 43.3 Å². The molecule has 1 aliphatic heterocycles. The molecular weight excluding hydrogens is 384 g/mol. The lowest BCUT2D eigenvalue weighted by atomic mass is 10.2. The van der Waals surface area contributed by atoms with Crippen LogP contribution in [-0.2, 0) is 9.59 Å². The Morgan fingerprint density at radius 3 is 2.13 bits per heavy atom. The summed E-state index contributed by atoms with van der Waals surface area (Å²) in [4.78, 5) is 44.1. The zero-order chi connectivity index (χ0) is 21.5. The molecule has 2 aromatic rings. The highest BCUT2D eigenvalue weighted by Gasteiger charge is 2.24. The maximum atomic E-state index is 12.5. The van der Waals surface area contributed by atoms with Gasteiger partial charge in [0.15, 0.2) is 0 Å². The number of aromatic nitrogens is 1. The Bertz CT molecular complexity index is 879. The van der Waals surface area contributed by atoms with Gasteiger partial charge in [-0.25, -0.2) is 9.78 Å². The van der Waals surface area contributed by atoms with Gasteiger partial charge in [0.1, 0.15) is 11.9 Å². The quantitative estimate of drug-likeness (QED) is 0.698. The zero-order valence-corrected chi connectivity index (χ0v) is 17.1. The topological polar surface area (TPSA) is 107 Å². The minimum Gasteiger partial charge on any atom is -0.353 e. The lowest BCUT2D eigenvalue weighted by Gasteiger charge is -2.35. The Morgan fingerprint density at radius 1 is 0.933 bits per heavy atom. The number of hydrogen-bond donors (Lipinski definition) is 3. The molecule has 1 aromatic carbocycles. The molecule has 0 aliphatic carbocycles. The van der Waals surface area contributed by atoms with Gasteiger partial charge < -0.3 is 25.8 Å². The normalized spacial score (nSPS) is 14.6. The number of nitrogens with one attached hydrogen (secondary N) is 3. The third-order valence-corrected chi connectivity index (χ3v) is 4.75. The third kappa shape index (κ3) is 5.69. The molecule has 1 fully saturated rings. The van der Waals surface area contributed by atoms with Crippen molar-refractivity contribution in [2.24, 2.45) is 0 Å². The van der Waals surface area contributed by atoms with Crippen LogP contribution in [0, 0.1) is 0 Å². The van der Waals surface area contributed by atoms with Crippen LogP contribution in [0.25, 0.3) is 0 Å². The van der Waals surface area contributed by atoms with E-state index in [4.69, 9.17) is 0 Å². The van der Waals surface area contributed by atoms with Crippen LogP contribution in [0.2, 0.25) is 0 Å². The molecule has 4 amide bonds. The lowest BCUT2D eigenvalue weighted by Crippen LogP contribution is -2.54. The fourth-order valence-electron chi connectivity index (χ4n) is 3.11. The van der Waals surface area contributed by atoms with Crippen molar-refractivity contribution in [1.82, 2.24) is 15.2 Å². The van der Waals surface area contributed by atoms with Crippen molar-refractivity contribution >= 4 is 35.0 Å². The average Bonchev–Trinajstić information content (AvgIpc) is 2.75. The number of piperazine rings is 1. The second kappa shape index (κ2) is 9.73. The van der Waals surface area contributed by atoms with Crippen LogP contribution in [-0.4, -0.2) is 60.0 Å². The van der Waals surface area contributed by atoms with E-state index in [9.17, 15) is 14.4 Å². The number of anilines is 3. The molecule has 0 bridgehead atoms. The van der Waals surface area contributed by atoms with Gasteiger partial charge in [-0.3, -0.25) is 9.59 Å². The number of hydrogen-bond acceptors (Lipinski definition) is 5. The fraction of sp³-hybridized carbons (Fsp3) is 0.333. The summed E-state index contributed by atoms with van der Waals surface area (Å²) in [5, 5.41) is 8.17. The number of urea groups is 1. The molecule has 30 heavy (non-hydrogen) atoms. The molecule has 2 heterocycles. The smallest absolute Gasteiger partial charge is 0.318 e. The molecule has 1 aromatic heterocycles. The van der Waals surface area contributed by atoms with Crippen LogP contribution < -0.4 is 20.9 Å². The van der Waals surface area contributed by atoms with Crippen LogP contribution in [0.15, 0.2) is 48.7 Å². The molecule has 1 saturated heterocycles. The van der Waals surface area contributed by atoms with Crippen molar-refractivity contribution in [3.8, 4) is 0 Å². The van der Waals surface area contributed by atoms with Crippen LogP contribution >= 0.6 is 0 Å². The van der Waals surface area contributed by atoms with E-state index in [0.717, 1.165) is 5.82 Å². The maximum absolute atomic E-state index is 12.5. The highest BCUT2D eigenvalue weighted by Crippen LogP contribution is 2.14. The van der Waals surface area contributed by atoms with Crippen LogP contribution in [0.4, 0.5) is 22.0 Å². The predicted octanol–water partition coefficient (Wildman–Crippen LogP) is 1.90. The monoisotopic (exact) mass is 410 g/mol. The number of pyridine rings is 1. The minimum atomic E-state index is -0.693. The summed E-state index contributed by atoms with van der Waals surface area (Å²) in [6.45, 7) is 5.56. The predicted molar refractivity (Wildman–Crippen MR) is 115 cm³/mol. The van der Waals surface area contributed by atoms with E-state index in [-0.39, 0.29) is 17.8 Å². The van der Waals surface area contributed by atoms with Crippen LogP contribution in [0.3, 0.4) is 0 Å². The van der Waals surface area contributed by atoms with E-state index in [0.29, 0.717) is 37.6 Å². The van der Waals surface area contributed by atoms with Crippen LogP contribution in [0.1, 0.15) is 13.8 Å². The fourth-order valence-corrected chi connectivity index (χ4v) is 3.11. The molecule has 0 saturated carbocycles. The van der Waals surface area contributed by atoms with E-state index in [1.165, 1.54) is 6.92 Å². The Balaban J connectivity index is 1.46. The van der Waals surface area contributed by atoms with Gasteiger partial charge in [-0.1, -0.05) is 6.07 Å². The van der Waals surface area contributed by atoms with Crippen molar-refractivity contribution in [2.75, 3.05) is 41.7 Å². The molecule has 9 nitrogen and oxygen atoms in total.